The maximum Gasteiger partial charge on any atom is 0.252 e. The Morgan fingerprint density at radius 2 is 2.47 bits per heavy atom. The van der Waals surface area contributed by atoms with Crippen LogP contribution in [0.4, 0.5) is 5.13 Å². The molecule has 1 aromatic rings. The summed E-state index contributed by atoms with van der Waals surface area (Å²) in [5.41, 5.74) is 0. The van der Waals surface area contributed by atoms with Crippen LogP contribution in [0.25, 0.3) is 0 Å². The third-order valence-corrected chi connectivity index (χ3v) is 4.27. The number of piperidine rings is 1. The minimum Gasteiger partial charge on any atom is -0.375 e. The minimum absolute atomic E-state index is 0.0675. The number of carbonyl (C=O) groups is 1. The van der Waals surface area contributed by atoms with Gasteiger partial charge in [-0.05, 0) is 26.3 Å². The summed E-state index contributed by atoms with van der Waals surface area (Å²) in [6, 6.07) is 0.641. The van der Waals surface area contributed by atoms with Gasteiger partial charge in [-0.15, -0.1) is 11.3 Å². The van der Waals surface area contributed by atoms with E-state index in [1.165, 1.54) is 31.2 Å². The Bertz CT molecular complexity index is 422. The van der Waals surface area contributed by atoms with Crippen LogP contribution >= 0.6 is 11.3 Å². The van der Waals surface area contributed by atoms with E-state index in [4.69, 9.17) is 4.74 Å². The van der Waals surface area contributed by atoms with Gasteiger partial charge in [-0.1, -0.05) is 6.42 Å². The third kappa shape index (κ3) is 4.26. The maximum absolute atomic E-state index is 11.4. The molecule has 1 atom stereocenters. The molecule has 6 heteroatoms. The van der Waals surface area contributed by atoms with Crippen molar-refractivity contribution in [3.05, 3.63) is 11.1 Å². The largest absolute Gasteiger partial charge is 0.375 e. The molecular weight excluding hydrogens is 262 g/mol. The number of hydrogen-bond donors (Lipinski definition) is 1. The van der Waals surface area contributed by atoms with Crippen molar-refractivity contribution in [1.29, 1.82) is 0 Å². The van der Waals surface area contributed by atoms with E-state index >= 15 is 0 Å². The number of methoxy groups -OCH3 is 1. The molecule has 0 aliphatic carbocycles. The fourth-order valence-electron chi connectivity index (χ4n) is 2.32. The second-order valence-corrected chi connectivity index (χ2v) is 6.04. The summed E-state index contributed by atoms with van der Waals surface area (Å²) in [5.74, 6) is -0.158. The van der Waals surface area contributed by atoms with Crippen LogP contribution in [0.1, 0.15) is 31.1 Å². The minimum atomic E-state index is -0.158. The summed E-state index contributed by atoms with van der Waals surface area (Å²) in [6.07, 6.45) is 5.74. The zero-order valence-electron chi connectivity index (χ0n) is 11.5. The number of aromatic nitrogens is 1. The molecule has 0 aromatic carbocycles. The highest BCUT2D eigenvalue weighted by Crippen LogP contribution is 2.23. The Balaban J connectivity index is 1.88. The van der Waals surface area contributed by atoms with E-state index in [9.17, 15) is 4.79 Å². The number of amides is 1. The molecule has 0 saturated carbocycles. The second kappa shape index (κ2) is 6.98. The van der Waals surface area contributed by atoms with Gasteiger partial charge < -0.3 is 4.74 Å². The number of rotatable bonds is 5. The topological polar surface area (TPSA) is 54.5 Å². The highest BCUT2D eigenvalue weighted by molar-refractivity contribution is 7.15. The van der Waals surface area contributed by atoms with E-state index in [1.807, 2.05) is 6.20 Å². The normalized spacial score (nSPS) is 20.4. The molecular formula is C13H21N3O2S. The molecule has 1 unspecified atom stereocenters. The van der Waals surface area contributed by atoms with Gasteiger partial charge in [0.2, 0.25) is 0 Å². The first-order chi connectivity index (χ1) is 9.19. The van der Waals surface area contributed by atoms with Crippen LogP contribution in [0.3, 0.4) is 0 Å². The van der Waals surface area contributed by atoms with Crippen molar-refractivity contribution in [1.82, 2.24) is 9.88 Å². The molecule has 0 spiro atoms. The van der Waals surface area contributed by atoms with Crippen molar-refractivity contribution < 1.29 is 9.53 Å². The molecule has 1 aromatic heterocycles. The number of hydrogen-bond acceptors (Lipinski definition) is 5. The summed E-state index contributed by atoms with van der Waals surface area (Å²) >= 11 is 1.54. The average Bonchev–Trinajstić information content (AvgIpc) is 2.80. The number of nitrogens with one attached hydrogen (secondary N) is 1. The van der Waals surface area contributed by atoms with Crippen LogP contribution in [0.5, 0.6) is 0 Å². The standard InChI is InChI=1S/C13H21N3O2S/c1-10-5-3-4-6-16(10)8-11-7-14-13(19-11)15-12(17)9-18-2/h7,10H,3-6,8-9H2,1-2H3,(H,14,15,17). The van der Waals surface area contributed by atoms with E-state index < -0.39 is 0 Å². The van der Waals surface area contributed by atoms with Gasteiger partial charge in [0.05, 0.1) is 0 Å². The van der Waals surface area contributed by atoms with E-state index in [0.717, 1.165) is 13.1 Å². The molecule has 0 radical (unpaired) electrons. The Morgan fingerprint density at radius 1 is 1.63 bits per heavy atom. The fourth-order valence-corrected chi connectivity index (χ4v) is 3.17. The number of thiazole rings is 1. The van der Waals surface area contributed by atoms with E-state index in [2.05, 4.69) is 22.1 Å². The molecule has 2 rings (SSSR count). The van der Waals surface area contributed by atoms with E-state index in [1.54, 1.807) is 11.3 Å². The van der Waals surface area contributed by atoms with E-state index in [0.29, 0.717) is 11.2 Å². The number of likely N-dealkylation sites (tertiary alicyclic amines) is 1. The molecule has 1 N–H and O–H groups in total. The molecule has 19 heavy (non-hydrogen) atoms. The lowest BCUT2D eigenvalue weighted by Gasteiger charge is -2.32. The number of ether oxygens (including phenoxy) is 1. The molecule has 1 aliphatic heterocycles. The number of anilines is 1. The Hall–Kier alpha value is -0.980. The first kappa shape index (κ1) is 14.4. The zero-order chi connectivity index (χ0) is 13.7. The Morgan fingerprint density at radius 3 is 3.21 bits per heavy atom. The molecule has 1 amide bonds. The molecule has 2 heterocycles. The zero-order valence-corrected chi connectivity index (χ0v) is 12.3. The summed E-state index contributed by atoms with van der Waals surface area (Å²) in [4.78, 5) is 19.3. The lowest BCUT2D eigenvalue weighted by atomic mass is 10.0. The molecule has 1 fully saturated rings. The van der Waals surface area contributed by atoms with Crippen LogP contribution in [-0.2, 0) is 16.1 Å². The molecule has 5 nitrogen and oxygen atoms in total. The van der Waals surface area contributed by atoms with Gasteiger partial charge >= 0.3 is 0 Å². The Kier molecular flexibility index (Phi) is 5.30. The Labute approximate surface area is 118 Å². The second-order valence-electron chi connectivity index (χ2n) is 4.93. The average molecular weight is 283 g/mol. The fraction of sp³-hybridized carbons (Fsp3) is 0.692. The van der Waals surface area contributed by atoms with Crippen LogP contribution in [0.15, 0.2) is 6.20 Å². The van der Waals surface area contributed by atoms with Crippen molar-refractivity contribution >= 4 is 22.4 Å². The van der Waals surface area contributed by atoms with Gasteiger partial charge in [-0.3, -0.25) is 15.0 Å². The summed E-state index contributed by atoms with van der Waals surface area (Å²) in [7, 11) is 1.50. The quantitative estimate of drug-likeness (QED) is 0.899. The highest BCUT2D eigenvalue weighted by atomic mass is 32.1. The predicted octanol–water partition coefficient (Wildman–Crippen LogP) is 2.10. The highest BCUT2D eigenvalue weighted by Gasteiger charge is 2.19. The van der Waals surface area contributed by atoms with Crippen LogP contribution < -0.4 is 5.32 Å². The van der Waals surface area contributed by atoms with Gasteiger partial charge in [0, 0.05) is 30.8 Å². The lowest BCUT2D eigenvalue weighted by molar-refractivity contribution is -0.119. The maximum atomic E-state index is 11.4. The number of nitrogens with zero attached hydrogens (tertiary/aromatic N) is 2. The predicted molar refractivity (Wildman–Crippen MR) is 76.3 cm³/mol. The lowest BCUT2D eigenvalue weighted by Crippen LogP contribution is -2.36. The smallest absolute Gasteiger partial charge is 0.252 e. The van der Waals surface area contributed by atoms with Gasteiger partial charge in [-0.2, -0.15) is 0 Å². The van der Waals surface area contributed by atoms with Crippen LogP contribution in [-0.4, -0.2) is 42.1 Å². The van der Waals surface area contributed by atoms with Crippen molar-refractivity contribution in [2.75, 3.05) is 25.6 Å². The molecule has 106 valence electrons. The number of carbonyl (C=O) groups excluding carboxylic acids is 1. The summed E-state index contributed by atoms with van der Waals surface area (Å²) in [6.45, 7) is 4.43. The summed E-state index contributed by atoms with van der Waals surface area (Å²) < 4.78 is 4.77. The SMILES string of the molecule is COCC(=O)Nc1ncc(CN2CCCCC2C)s1. The first-order valence-corrected chi connectivity index (χ1v) is 7.48. The first-order valence-electron chi connectivity index (χ1n) is 6.66. The van der Waals surface area contributed by atoms with E-state index in [-0.39, 0.29) is 12.5 Å². The van der Waals surface area contributed by atoms with Crippen LogP contribution in [0, 0.1) is 0 Å². The molecule has 0 bridgehead atoms. The van der Waals surface area contributed by atoms with Crippen molar-refractivity contribution in [2.45, 2.75) is 38.8 Å². The van der Waals surface area contributed by atoms with Gasteiger partial charge in [0.15, 0.2) is 5.13 Å². The third-order valence-electron chi connectivity index (χ3n) is 3.37. The van der Waals surface area contributed by atoms with Crippen molar-refractivity contribution in [2.24, 2.45) is 0 Å². The molecule has 1 saturated heterocycles. The van der Waals surface area contributed by atoms with Crippen molar-refractivity contribution in [3.63, 3.8) is 0 Å². The van der Waals surface area contributed by atoms with Gasteiger partial charge in [0.1, 0.15) is 6.61 Å². The van der Waals surface area contributed by atoms with Gasteiger partial charge in [0.25, 0.3) is 5.91 Å². The van der Waals surface area contributed by atoms with Crippen molar-refractivity contribution in [3.8, 4) is 0 Å². The monoisotopic (exact) mass is 283 g/mol. The molecule has 1 aliphatic rings. The summed E-state index contributed by atoms with van der Waals surface area (Å²) in [5, 5.41) is 3.39. The van der Waals surface area contributed by atoms with Crippen LogP contribution in [0.2, 0.25) is 0 Å². The van der Waals surface area contributed by atoms with Gasteiger partial charge in [-0.25, -0.2) is 4.98 Å².